The zero-order valence-corrected chi connectivity index (χ0v) is 24.5. The molecule has 0 saturated heterocycles. The molecular formula is C29H49N3O4. The quantitative estimate of drug-likeness (QED) is 0.444. The van der Waals surface area contributed by atoms with Crippen molar-refractivity contribution in [1.82, 2.24) is 15.5 Å². The van der Waals surface area contributed by atoms with Gasteiger partial charge in [0, 0.05) is 11.6 Å². The minimum atomic E-state index is -0.878. The molecule has 2 N–H and O–H groups in total. The smallest absolute Gasteiger partial charge is 0.408 e. The lowest BCUT2D eigenvalue weighted by molar-refractivity contribution is -0.145. The minimum absolute atomic E-state index is 0.238. The molecule has 3 amide bonds. The van der Waals surface area contributed by atoms with Crippen LogP contribution in [0, 0.1) is 19.8 Å². The number of carbonyl (C=O) groups is 3. The molecule has 1 rings (SSSR count). The Morgan fingerprint density at radius 1 is 0.944 bits per heavy atom. The topological polar surface area (TPSA) is 87.7 Å². The van der Waals surface area contributed by atoms with Gasteiger partial charge in [-0.1, -0.05) is 32.0 Å². The Morgan fingerprint density at radius 2 is 1.53 bits per heavy atom. The number of rotatable bonds is 9. The molecule has 0 spiro atoms. The first-order valence-corrected chi connectivity index (χ1v) is 13.0. The number of alkyl carbamates (subject to hydrolysis) is 1. The van der Waals surface area contributed by atoms with Crippen molar-refractivity contribution >= 4 is 17.9 Å². The van der Waals surface area contributed by atoms with Gasteiger partial charge < -0.3 is 20.3 Å². The van der Waals surface area contributed by atoms with E-state index in [-0.39, 0.29) is 17.9 Å². The molecule has 3 unspecified atom stereocenters. The number of hydrogen-bond acceptors (Lipinski definition) is 4. The van der Waals surface area contributed by atoms with Crippen LogP contribution in [0.15, 0.2) is 18.2 Å². The van der Waals surface area contributed by atoms with Gasteiger partial charge in [-0.15, -0.1) is 0 Å². The van der Waals surface area contributed by atoms with Gasteiger partial charge in [-0.3, -0.25) is 9.59 Å². The third kappa shape index (κ3) is 9.82. The predicted molar refractivity (Wildman–Crippen MR) is 146 cm³/mol. The molecule has 0 aromatic heterocycles. The molecule has 0 heterocycles. The van der Waals surface area contributed by atoms with E-state index in [0.717, 1.165) is 29.5 Å². The molecule has 1 aromatic carbocycles. The highest BCUT2D eigenvalue weighted by Gasteiger charge is 2.39. The van der Waals surface area contributed by atoms with E-state index in [9.17, 15) is 14.4 Å². The van der Waals surface area contributed by atoms with E-state index in [1.54, 1.807) is 32.6 Å². The SMILES string of the molecule is Cc1cccc(C(C(=O)NC(C)(C)C)N(C(=O)C(C)NC(=O)OC(C)(C)C)C(C)CCC(C)C)c1C. The lowest BCUT2D eigenvalue weighted by atomic mass is 9.92. The lowest BCUT2D eigenvalue weighted by Gasteiger charge is -2.40. The fourth-order valence-corrected chi connectivity index (χ4v) is 4.01. The zero-order chi connectivity index (χ0) is 28.0. The van der Waals surface area contributed by atoms with Crippen LogP contribution in [0.1, 0.15) is 105 Å². The molecule has 0 saturated carbocycles. The highest BCUT2D eigenvalue weighted by molar-refractivity contribution is 5.92. The lowest BCUT2D eigenvalue weighted by Crippen LogP contribution is -2.56. The number of carbonyl (C=O) groups excluding carboxylic acids is 3. The number of benzene rings is 1. The van der Waals surface area contributed by atoms with Crippen LogP contribution in [0.25, 0.3) is 0 Å². The molecule has 0 radical (unpaired) electrons. The highest BCUT2D eigenvalue weighted by Crippen LogP contribution is 2.31. The second-order valence-electron chi connectivity index (χ2n) is 12.4. The van der Waals surface area contributed by atoms with Crippen molar-refractivity contribution in [2.24, 2.45) is 5.92 Å². The molecule has 0 fully saturated rings. The van der Waals surface area contributed by atoms with Crippen molar-refractivity contribution in [3.8, 4) is 0 Å². The monoisotopic (exact) mass is 503 g/mol. The Labute approximate surface area is 218 Å². The van der Waals surface area contributed by atoms with Gasteiger partial charge in [-0.2, -0.15) is 0 Å². The van der Waals surface area contributed by atoms with Crippen LogP contribution < -0.4 is 10.6 Å². The van der Waals surface area contributed by atoms with E-state index in [1.807, 2.05) is 59.7 Å². The van der Waals surface area contributed by atoms with Crippen LogP contribution >= 0.6 is 0 Å². The largest absolute Gasteiger partial charge is 0.444 e. The highest BCUT2D eigenvalue weighted by atomic mass is 16.6. The molecule has 204 valence electrons. The summed E-state index contributed by atoms with van der Waals surface area (Å²) < 4.78 is 5.37. The van der Waals surface area contributed by atoms with Gasteiger partial charge in [0.25, 0.3) is 0 Å². The van der Waals surface area contributed by atoms with Crippen LogP contribution in [0.4, 0.5) is 4.79 Å². The van der Waals surface area contributed by atoms with Crippen molar-refractivity contribution in [2.45, 2.75) is 125 Å². The molecule has 0 aliphatic rings. The first kappa shape index (κ1) is 31.5. The van der Waals surface area contributed by atoms with E-state index < -0.39 is 29.3 Å². The van der Waals surface area contributed by atoms with Gasteiger partial charge in [0.15, 0.2) is 0 Å². The molecule has 36 heavy (non-hydrogen) atoms. The van der Waals surface area contributed by atoms with Crippen LogP contribution in [-0.2, 0) is 14.3 Å². The van der Waals surface area contributed by atoms with Crippen molar-refractivity contribution in [3.63, 3.8) is 0 Å². The number of aryl methyl sites for hydroxylation is 1. The molecule has 0 aliphatic heterocycles. The van der Waals surface area contributed by atoms with E-state index in [1.165, 1.54) is 0 Å². The van der Waals surface area contributed by atoms with E-state index in [4.69, 9.17) is 4.74 Å². The molecule has 3 atom stereocenters. The molecule has 1 aromatic rings. The van der Waals surface area contributed by atoms with Crippen LogP contribution in [0.3, 0.4) is 0 Å². The van der Waals surface area contributed by atoms with Gasteiger partial charge >= 0.3 is 6.09 Å². The summed E-state index contributed by atoms with van der Waals surface area (Å²) in [5, 5.41) is 5.76. The summed E-state index contributed by atoms with van der Waals surface area (Å²) in [4.78, 5) is 41.9. The Bertz CT molecular complexity index is 912. The fourth-order valence-electron chi connectivity index (χ4n) is 4.01. The summed E-state index contributed by atoms with van der Waals surface area (Å²) in [6.45, 7) is 22.9. The summed E-state index contributed by atoms with van der Waals surface area (Å²) in [5.41, 5.74) is 1.62. The van der Waals surface area contributed by atoms with Crippen molar-refractivity contribution in [2.75, 3.05) is 0 Å². The van der Waals surface area contributed by atoms with Gasteiger partial charge in [0.2, 0.25) is 11.8 Å². The van der Waals surface area contributed by atoms with Crippen molar-refractivity contribution < 1.29 is 19.1 Å². The fraction of sp³-hybridized carbons (Fsp3) is 0.690. The van der Waals surface area contributed by atoms with Crippen LogP contribution in [0.5, 0.6) is 0 Å². The van der Waals surface area contributed by atoms with Gasteiger partial charge in [-0.25, -0.2) is 4.79 Å². The average Bonchev–Trinajstić information content (AvgIpc) is 2.69. The van der Waals surface area contributed by atoms with Gasteiger partial charge in [-0.05, 0) is 105 Å². The summed E-state index contributed by atoms with van der Waals surface area (Å²) >= 11 is 0. The normalized spacial score (nSPS) is 14.6. The molecule has 7 heteroatoms. The van der Waals surface area contributed by atoms with E-state index in [0.29, 0.717) is 5.92 Å². The molecule has 7 nitrogen and oxygen atoms in total. The van der Waals surface area contributed by atoms with Crippen LogP contribution in [-0.4, -0.2) is 46.0 Å². The Balaban J connectivity index is 3.57. The number of nitrogens with one attached hydrogen (secondary N) is 2. The standard InChI is InChI=1S/C29H49N3O4/c1-18(2)16-17-20(4)32(26(34)22(6)30-27(35)36-29(10,11)12)24(25(33)31-28(7,8)9)23-15-13-14-19(3)21(23)5/h13-15,18,20,22,24H,16-17H2,1-12H3,(H,30,35)(H,31,33). The van der Waals surface area contributed by atoms with Crippen molar-refractivity contribution in [3.05, 3.63) is 34.9 Å². The maximum atomic E-state index is 14.0. The first-order valence-electron chi connectivity index (χ1n) is 13.0. The summed E-state index contributed by atoms with van der Waals surface area (Å²) in [6, 6.07) is 3.87. The average molecular weight is 504 g/mol. The summed E-state index contributed by atoms with van der Waals surface area (Å²) in [6.07, 6.45) is 0.965. The number of amides is 3. The Hall–Kier alpha value is -2.57. The summed E-state index contributed by atoms with van der Waals surface area (Å²) in [7, 11) is 0. The second-order valence-corrected chi connectivity index (χ2v) is 12.4. The minimum Gasteiger partial charge on any atom is -0.444 e. The molecular weight excluding hydrogens is 454 g/mol. The third-order valence-electron chi connectivity index (χ3n) is 5.96. The molecule has 0 bridgehead atoms. The van der Waals surface area contributed by atoms with Gasteiger partial charge in [0.1, 0.15) is 17.7 Å². The van der Waals surface area contributed by atoms with Gasteiger partial charge in [0.05, 0.1) is 0 Å². The third-order valence-corrected chi connectivity index (χ3v) is 5.96. The number of ether oxygens (including phenoxy) is 1. The zero-order valence-electron chi connectivity index (χ0n) is 24.5. The predicted octanol–water partition coefficient (Wildman–Crippen LogP) is 5.83. The molecule has 0 aliphatic carbocycles. The number of nitrogens with zero attached hydrogens (tertiary/aromatic N) is 1. The maximum Gasteiger partial charge on any atom is 0.408 e. The van der Waals surface area contributed by atoms with Crippen molar-refractivity contribution in [1.29, 1.82) is 0 Å². The Morgan fingerprint density at radius 3 is 2.03 bits per heavy atom. The van der Waals surface area contributed by atoms with E-state index >= 15 is 0 Å². The number of hydrogen-bond donors (Lipinski definition) is 2. The maximum absolute atomic E-state index is 14.0. The van der Waals surface area contributed by atoms with E-state index in [2.05, 4.69) is 24.5 Å². The second kappa shape index (κ2) is 12.6. The first-order chi connectivity index (χ1) is 16.3. The van der Waals surface area contributed by atoms with Crippen LogP contribution in [0.2, 0.25) is 0 Å². The Kier molecular flexibility index (Phi) is 11.0. The summed E-state index contributed by atoms with van der Waals surface area (Å²) in [5.74, 6) is -0.123.